The highest BCUT2D eigenvalue weighted by Gasteiger charge is 2.30. The van der Waals surface area contributed by atoms with Crippen LogP contribution in [0.2, 0.25) is 0 Å². The van der Waals surface area contributed by atoms with Crippen molar-refractivity contribution in [1.29, 1.82) is 0 Å². The number of ether oxygens (including phenoxy) is 1. The van der Waals surface area contributed by atoms with Crippen LogP contribution in [0.15, 0.2) is 0 Å². The van der Waals surface area contributed by atoms with Crippen molar-refractivity contribution in [3.05, 3.63) is 0 Å². The van der Waals surface area contributed by atoms with Crippen molar-refractivity contribution in [3.63, 3.8) is 0 Å². The Kier molecular flexibility index (Phi) is 6.17. The van der Waals surface area contributed by atoms with Crippen molar-refractivity contribution in [2.75, 3.05) is 6.54 Å². The lowest BCUT2D eigenvalue weighted by Gasteiger charge is -2.26. The Bertz CT molecular complexity index is 319. The molecular weight excluding hydrogens is 266 g/mol. The van der Waals surface area contributed by atoms with Crippen LogP contribution in [0.3, 0.4) is 0 Å². The summed E-state index contributed by atoms with van der Waals surface area (Å²) in [6.07, 6.45) is -0.0183. The van der Waals surface area contributed by atoms with Gasteiger partial charge in [-0.3, -0.25) is 0 Å². The molecule has 0 heterocycles. The summed E-state index contributed by atoms with van der Waals surface area (Å²) in [6, 6.07) is -0.781. The monoisotopic (exact) mass is 292 g/mol. The van der Waals surface area contributed by atoms with Gasteiger partial charge < -0.3 is 15.4 Å². The zero-order valence-corrected chi connectivity index (χ0v) is 12.7. The minimum absolute atomic E-state index is 0.0361. The molecule has 118 valence electrons. The summed E-state index contributed by atoms with van der Waals surface area (Å²) in [5.41, 5.74) is -0.526. The molecule has 0 saturated heterocycles. The summed E-state index contributed by atoms with van der Waals surface area (Å²) in [5.74, 6) is 0.184. The molecule has 0 aromatic carbocycles. The van der Waals surface area contributed by atoms with Crippen LogP contribution in [-0.4, -0.2) is 36.7 Å². The summed E-state index contributed by atoms with van der Waals surface area (Å²) < 4.78 is 30.3. The number of amides is 1. The van der Waals surface area contributed by atoms with Gasteiger partial charge in [-0.2, -0.15) is 0 Å². The summed E-state index contributed by atoms with van der Waals surface area (Å²) in [7, 11) is 0. The minimum Gasteiger partial charge on any atom is -0.444 e. The molecule has 20 heavy (non-hydrogen) atoms. The second kappa shape index (κ2) is 7.20. The minimum atomic E-state index is -2.37. The van der Waals surface area contributed by atoms with Crippen LogP contribution in [0, 0.1) is 5.92 Å². The van der Waals surface area contributed by atoms with Crippen molar-refractivity contribution in [1.82, 2.24) is 10.6 Å². The first kappa shape index (κ1) is 17.1. The first-order valence-electron chi connectivity index (χ1n) is 7.20. The Balaban J connectivity index is 2.37. The quantitative estimate of drug-likeness (QED) is 0.819. The van der Waals surface area contributed by atoms with E-state index in [1.807, 2.05) is 0 Å². The van der Waals surface area contributed by atoms with E-state index in [1.54, 1.807) is 20.8 Å². The highest BCUT2D eigenvalue weighted by atomic mass is 19.3. The molecular formula is C14H26F2N2O2. The third-order valence-corrected chi connectivity index (χ3v) is 3.42. The van der Waals surface area contributed by atoms with Crippen LogP contribution >= 0.6 is 0 Å². The van der Waals surface area contributed by atoms with Crippen molar-refractivity contribution < 1.29 is 18.3 Å². The molecule has 1 aliphatic rings. The van der Waals surface area contributed by atoms with E-state index in [9.17, 15) is 13.6 Å². The number of alkyl carbamates (subject to hydrolysis) is 1. The molecule has 1 saturated carbocycles. The summed E-state index contributed by atoms with van der Waals surface area (Å²) in [6.45, 7) is 7.36. The van der Waals surface area contributed by atoms with Gasteiger partial charge in [-0.25, -0.2) is 13.6 Å². The molecule has 1 amide bonds. The lowest BCUT2D eigenvalue weighted by molar-refractivity contribution is 0.0513. The molecule has 0 aliphatic heterocycles. The fourth-order valence-electron chi connectivity index (χ4n) is 2.44. The van der Waals surface area contributed by atoms with E-state index >= 15 is 0 Å². The maximum absolute atomic E-state index is 12.6. The highest BCUT2D eigenvalue weighted by Crippen LogP contribution is 2.26. The average Bonchev–Trinajstić information content (AvgIpc) is 2.71. The summed E-state index contributed by atoms with van der Waals surface area (Å²) >= 11 is 0. The average molecular weight is 292 g/mol. The van der Waals surface area contributed by atoms with Crippen molar-refractivity contribution >= 4 is 6.09 Å². The van der Waals surface area contributed by atoms with Gasteiger partial charge in [0, 0.05) is 12.6 Å². The first-order chi connectivity index (χ1) is 9.19. The molecule has 0 spiro atoms. The van der Waals surface area contributed by atoms with Gasteiger partial charge in [0.05, 0.1) is 6.04 Å². The number of rotatable bonds is 5. The van der Waals surface area contributed by atoms with Crippen molar-refractivity contribution in [2.45, 2.75) is 71.1 Å². The smallest absolute Gasteiger partial charge is 0.407 e. The molecule has 1 aliphatic carbocycles. The molecule has 1 fully saturated rings. The summed E-state index contributed by atoms with van der Waals surface area (Å²) in [4.78, 5) is 11.6. The second-order valence-corrected chi connectivity index (χ2v) is 6.47. The predicted molar refractivity (Wildman–Crippen MR) is 74.0 cm³/mol. The Morgan fingerprint density at radius 3 is 2.55 bits per heavy atom. The molecule has 1 rings (SSSR count). The molecule has 3 atom stereocenters. The lowest BCUT2D eigenvalue weighted by Crippen LogP contribution is -2.46. The molecule has 0 radical (unpaired) electrons. The van der Waals surface area contributed by atoms with Gasteiger partial charge in [0.1, 0.15) is 5.60 Å². The van der Waals surface area contributed by atoms with Gasteiger partial charge in [-0.15, -0.1) is 0 Å². The number of hydrogen-bond acceptors (Lipinski definition) is 3. The topological polar surface area (TPSA) is 50.4 Å². The Morgan fingerprint density at radius 2 is 2.00 bits per heavy atom. The van der Waals surface area contributed by atoms with Crippen LogP contribution in [0.1, 0.15) is 47.0 Å². The SMILES string of the molecule is CC(NC1CCCC1CNC(=O)OC(C)(C)C)C(F)F. The van der Waals surface area contributed by atoms with Gasteiger partial charge >= 0.3 is 6.09 Å². The van der Waals surface area contributed by atoms with E-state index in [1.165, 1.54) is 6.92 Å². The van der Waals surface area contributed by atoms with Crippen molar-refractivity contribution in [3.8, 4) is 0 Å². The fourth-order valence-corrected chi connectivity index (χ4v) is 2.44. The van der Waals surface area contributed by atoms with Crippen LogP contribution in [0.25, 0.3) is 0 Å². The molecule has 0 bridgehead atoms. The molecule has 4 nitrogen and oxygen atoms in total. The van der Waals surface area contributed by atoms with E-state index in [4.69, 9.17) is 4.74 Å². The van der Waals surface area contributed by atoms with E-state index < -0.39 is 24.2 Å². The molecule has 3 unspecified atom stereocenters. The normalized spacial score (nSPS) is 24.8. The van der Waals surface area contributed by atoms with Gasteiger partial charge in [0.25, 0.3) is 6.43 Å². The van der Waals surface area contributed by atoms with E-state index in [0.29, 0.717) is 6.54 Å². The molecule has 2 N–H and O–H groups in total. The molecule has 0 aromatic heterocycles. The zero-order valence-electron chi connectivity index (χ0n) is 12.7. The second-order valence-electron chi connectivity index (χ2n) is 6.47. The number of nitrogens with one attached hydrogen (secondary N) is 2. The standard InChI is InChI=1S/C14H26F2N2O2/c1-9(12(15)16)18-11-7-5-6-10(11)8-17-13(19)20-14(2,3)4/h9-12,18H,5-8H2,1-4H3,(H,17,19). The number of carbonyl (C=O) groups is 1. The number of hydrogen-bond donors (Lipinski definition) is 2. The van der Waals surface area contributed by atoms with Gasteiger partial charge in [0.2, 0.25) is 0 Å². The van der Waals surface area contributed by atoms with Crippen molar-refractivity contribution in [2.24, 2.45) is 5.92 Å². The van der Waals surface area contributed by atoms with Gasteiger partial charge in [-0.05, 0) is 46.5 Å². The Morgan fingerprint density at radius 1 is 1.35 bits per heavy atom. The maximum atomic E-state index is 12.6. The van der Waals surface area contributed by atoms with Gasteiger partial charge in [0.15, 0.2) is 0 Å². The number of alkyl halides is 2. The fraction of sp³-hybridized carbons (Fsp3) is 0.929. The Hall–Kier alpha value is -0.910. The third kappa shape index (κ3) is 6.03. The third-order valence-electron chi connectivity index (χ3n) is 3.42. The first-order valence-corrected chi connectivity index (χ1v) is 7.20. The number of carbonyl (C=O) groups excluding carboxylic acids is 1. The predicted octanol–water partition coefficient (Wildman–Crippen LogP) is 2.92. The maximum Gasteiger partial charge on any atom is 0.407 e. The van der Waals surface area contributed by atoms with Gasteiger partial charge in [-0.1, -0.05) is 6.42 Å². The van der Waals surface area contributed by atoms with Crippen LogP contribution in [0.4, 0.5) is 13.6 Å². The van der Waals surface area contributed by atoms with E-state index in [-0.39, 0.29) is 12.0 Å². The van der Waals surface area contributed by atoms with Crippen LogP contribution in [-0.2, 0) is 4.74 Å². The summed E-state index contributed by atoms with van der Waals surface area (Å²) in [5, 5.41) is 5.68. The van der Waals surface area contributed by atoms with E-state index in [2.05, 4.69) is 10.6 Å². The largest absolute Gasteiger partial charge is 0.444 e. The van der Waals surface area contributed by atoms with Crippen LogP contribution in [0.5, 0.6) is 0 Å². The molecule has 6 heteroatoms. The van der Waals surface area contributed by atoms with E-state index in [0.717, 1.165) is 19.3 Å². The lowest BCUT2D eigenvalue weighted by atomic mass is 10.0. The Labute approximate surface area is 119 Å². The highest BCUT2D eigenvalue weighted by molar-refractivity contribution is 5.67. The zero-order chi connectivity index (χ0) is 15.3. The van der Waals surface area contributed by atoms with Crippen LogP contribution < -0.4 is 10.6 Å². The number of halogens is 2. The molecule has 0 aromatic rings.